The van der Waals surface area contributed by atoms with Gasteiger partial charge in [0.15, 0.2) is 0 Å². The van der Waals surface area contributed by atoms with Crippen LogP contribution < -0.4 is 24.8 Å². The number of rotatable bonds is 2. The van der Waals surface area contributed by atoms with E-state index >= 15 is 0 Å². The number of benzene rings is 2. The van der Waals surface area contributed by atoms with Gasteiger partial charge in [0.2, 0.25) is 0 Å². The van der Waals surface area contributed by atoms with Gasteiger partial charge in [-0.1, -0.05) is 63.1 Å². The second kappa shape index (κ2) is 14.1. The van der Waals surface area contributed by atoms with E-state index in [4.69, 9.17) is 0 Å². The molecule has 0 N–H and O–H groups in total. The van der Waals surface area contributed by atoms with E-state index in [0.717, 1.165) is 6.42 Å². The average Bonchev–Trinajstić information content (AvgIpc) is 3.31. The Labute approximate surface area is 206 Å². The van der Waals surface area contributed by atoms with Gasteiger partial charge in [0.1, 0.15) is 0 Å². The Hall–Kier alpha value is -1.05. The fraction of sp³-hybridized carbons (Fsp3) is 0.333. The summed E-state index contributed by atoms with van der Waals surface area (Å²) in [5.74, 6) is 1.18. The molecule has 1 aliphatic rings. The first-order chi connectivity index (χ1) is 13.3. The molecule has 0 nitrogen and oxygen atoms in total. The van der Waals surface area contributed by atoms with Crippen molar-refractivity contribution in [3.63, 3.8) is 0 Å². The van der Waals surface area contributed by atoms with Crippen LogP contribution in [-0.2, 0) is 20.0 Å². The summed E-state index contributed by atoms with van der Waals surface area (Å²) in [5.41, 5.74) is 2.85. The minimum atomic E-state index is 0. The molecule has 3 aromatic rings. The summed E-state index contributed by atoms with van der Waals surface area (Å²) < 4.78 is 1.42. The Morgan fingerprint density at radius 3 is 1.57 bits per heavy atom. The van der Waals surface area contributed by atoms with Gasteiger partial charge < -0.3 is 24.8 Å². The molecular weight excluding hydrogens is 443 g/mol. The molecule has 0 saturated carbocycles. The van der Waals surface area contributed by atoms with E-state index in [1.54, 1.807) is 0 Å². The number of hydrogen-bond donors (Lipinski definition) is 0. The summed E-state index contributed by atoms with van der Waals surface area (Å²) in [6, 6.07) is 16.1. The maximum Gasteiger partial charge on any atom is -0.109 e. The predicted molar refractivity (Wildman–Crippen MR) is 123 cm³/mol. The maximum atomic E-state index is 2.99. The molecule has 4 rings (SSSR count). The van der Waals surface area contributed by atoms with E-state index in [1.165, 1.54) is 36.5 Å². The Morgan fingerprint density at radius 1 is 0.867 bits per heavy atom. The van der Waals surface area contributed by atoms with Crippen molar-refractivity contribution in [2.75, 3.05) is 0 Å². The average molecular weight is 475 g/mol. The summed E-state index contributed by atoms with van der Waals surface area (Å²) >= 11 is 2.08. The number of fused-ring (bicyclic) bond motifs is 3. The molecule has 0 unspecified atom stereocenters. The molecule has 30 heavy (non-hydrogen) atoms. The molecule has 0 saturated heterocycles. The molecule has 0 bridgehead atoms. The normalized spacial score (nSPS) is 11.5. The fourth-order valence-corrected chi connectivity index (χ4v) is 3.12. The van der Waals surface area contributed by atoms with Gasteiger partial charge in [-0.15, -0.1) is 46.2 Å². The molecular formula is C27H32Cl2Ti-2. The van der Waals surface area contributed by atoms with Crippen LogP contribution in [0, 0.1) is 6.08 Å². The molecule has 0 atom stereocenters. The van der Waals surface area contributed by atoms with E-state index in [-0.39, 0.29) is 24.8 Å². The monoisotopic (exact) mass is 474 g/mol. The third-order valence-electron chi connectivity index (χ3n) is 4.67. The zero-order chi connectivity index (χ0) is 20.7. The fourth-order valence-electron chi connectivity index (χ4n) is 3.12. The first-order valence-corrected chi connectivity index (χ1v) is 10.9. The Kier molecular flexibility index (Phi) is 13.6. The summed E-state index contributed by atoms with van der Waals surface area (Å²) in [5, 5.41) is 5.52. The first-order valence-electron chi connectivity index (χ1n) is 10.2. The molecule has 0 amide bonds. The third kappa shape index (κ3) is 8.60. The zero-order valence-electron chi connectivity index (χ0n) is 18.9. The van der Waals surface area contributed by atoms with Crippen LogP contribution in [0.3, 0.4) is 0 Å². The van der Waals surface area contributed by atoms with Gasteiger partial charge in [0.25, 0.3) is 0 Å². The first kappa shape index (κ1) is 29.0. The Morgan fingerprint density at radius 2 is 1.30 bits per heavy atom. The Bertz CT molecular complexity index is 914. The van der Waals surface area contributed by atoms with Crippen LogP contribution in [0.5, 0.6) is 0 Å². The largest absolute Gasteiger partial charge is 1.00 e. The van der Waals surface area contributed by atoms with Crippen LogP contribution in [0.25, 0.3) is 21.5 Å². The molecule has 0 spiro atoms. The molecule has 0 fully saturated rings. The van der Waals surface area contributed by atoms with E-state index in [9.17, 15) is 0 Å². The molecule has 160 valence electrons. The van der Waals surface area contributed by atoms with Crippen molar-refractivity contribution in [3.8, 4) is 0 Å². The van der Waals surface area contributed by atoms with Crippen molar-refractivity contribution >= 4 is 25.4 Å². The molecule has 0 aromatic heterocycles. The van der Waals surface area contributed by atoms with Crippen molar-refractivity contribution in [1.29, 1.82) is 0 Å². The van der Waals surface area contributed by atoms with Crippen LogP contribution in [0.15, 0.2) is 60.7 Å². The van der Waals surface area contributed by atoms with Crippen molar-refractivity contribution in [2.24, 2.45) is 0 Å². The Balaban J connectivity index is 0.000000645. The van der Waals surface area contributed by atoms with Crippen molar-refractivity contribution in [2.45, 2.75) is 59.8 Å². The predicted octanol–water partition coefficient (Wildman–Crippen LogP) is 2.02. The molecule has 0 heterocycles. The van der Waals surface area contributed by atoms with Gasteiger partial charge in [-0.2, -0.15) is 6.08 Å². The molecule has 3 aromatic carbocycles. The quantitative estimate of drug-likeness (QED) is 0.393. The van der Waals surface area contributed by atoms with Gasteiger partial charge >= 0.3 is 37.6 Å². The van der Waals surface area contributed by atoms with Gasteiger partial charge in [0, 0.05) is 0 Å². The summed E-state index contributed by atoms with van der Waals surface area (Å²) in [6.45, 7) is 13.2. The van der Waals surface area contributed by atoms with Crippen LogP contribution in [0.4, 0.5) is 0 Å². The van der Waals surface area contributed by atoms with E-state index < -0.39 is 0 Å². The van der Waals surface area contributed by atoms with Crippen LogP contribution in [0.2, 0.25) is 0 Å². The topological polar surface area (TPSA) is 0 Å². The van der Waals surface area contributed by atoms with Gasteiger partial charge in [-0.3, -0.25) is 6.08 Å². The van der Waals surface area contributed by atoms with Crippen LogP contribution >= 0.6 is 0 Å². The molecule has 3 heteroatoms. The number of hydrogen-bond acceptors (Lipinski definition) is 0. The van der Waals surface area contributed by atoms with E-state index in [1.807, 2.05) is 12.2 Å². The minimum absolute atomic E-state index is 0. The number of allylic oxidation sites excluding steroid dienone is 4. The molecule has 0 radical (unpaired) electrons. The summed E-state index contributed by atoms with van der Waals surface area (Å²) in [7, 11) is 0. The smallest absolute Gasteiger partial charge is 0.109 e. The van der Waals surface area contributed by atoms with E-state index in [2.05, 4.69) is 116 Å². The van der Waals surface area contributed by atoms with Gasteiger partial charge in [-0.25, -0.2) is 12.2 Å². The molecule has 1 aliphatic carbocycles. The van der Waals surface area contributed by atoms with Gasteiger partial charge in [0.05, 0.1) is 0 Å². The van der Waals surface area contributed by atoms with Crippen LogP contribution in [0.1, 0.15) is 70.9 Å². The summed E-state index contributed by atoms with van der Waals surface area (Å²) in [4.78, 5) is 0. The molecule has 0 aliphatic heterocycles. The SMILES string of the molecule is CC(C)c1ccc2c(c1)[cH-]c1cc(C(C)C)ccc12.C[C](C)=[Ti+2].[C-]1=CC=CC1.[Cl-].[Cl-]. The van der Waals surface area contributed by atoms with Crippen molar-refractivity contribution < 1.29 is 44.8 Å². The minimum Gasteiger partial charge on any atom is -1.00 e. The second-order valence-electron chi connectivity index (χ2n) is 8.15. The van der Waals surface area contributed by atoms with Crippen molar-refractivity contribution in [1.82, 2.24) is 0 Å². The number of halogens is 2. The standard InChI is InChI=1S/C19H21.C5H5.C3H6.2ClH.Ti/c1-12(2)14-5-7-18-16(9-14)11-17-10-15(13(3)4)6-8-19(17)18;1-2-4-5-3-1;1-3-2;;;/h5-13H,1-4H3;1-3H,4H2;1-2H3;2*1H;/q2*-1;;;;+2/p-2. The zero-order valence-corrected chi connectivity index (χ0v) is 22.0. The summed E-state index contributed by atoms with van der Waals surface area (Å²) in [6.07, 6.45) is 10.0. The van der Waals surface area contributed by atoms with Crippen molar-refractivity contribution in [3.05, 3.63) is 77.9 Å². The second-order valence-corrected chi connectivity index (χ2v) is 9.71. The maximum absolute atomic E-state index is 2.99. The van der Waals surface area contributed by atoms with E-state index in [0.29, 0.717) is 11.8 Å². The van der Waals surface area contributed by atoms with Crippen LogP contribution in [-0.4, -0.2) is 3.81 Å². The van der Waals surface area contributed by atoms with Gasteiger partial charge in [-0.05, 0) is 11.8 Å². The third-order valence-corrected chi connectivity index (χ3v) is 4.67.